The van der Waals surface area contributed by atoms with E-state index in [-0.39, 0.29) is 18.2 Å². The summed E-state index contributed by atoms with van der Waals surface area (Å²) in [5, 5.41) is 10.3. The Bertz CT molecular complexity index is 1120. The fourth-order valence-corrected chi connectivity index (χ4v) is 3.67. The molecule has 0 bridgehead atoms. The zero-order valence-corrected chi connectivity index (χ0v) is 17.6. The van der Waals surface area contributed by atoms with Gasteiger partial charge in [-0.1, -0.05) is 35.9 Å². The second-order valence-electron chi connectivity index (χ2n) is 7.40. The van der Waals surface area contributed by atoms with Crippen LogP contribution in [0.1, 0.15) is 23.7 Å². The molecule has 0 spiro atoms. The number of amides is 2. The summed E-state index contributed by atoms with van der Waals surface area (Å²) < 4.78 is 12.1. The normalized spacial score (nSPS) is 14.8. The van der Waals surface area contributed by atoms with Gasteiger partial charge in [-0.15, -0.1) is 0 Å². The Morgan fingerprint density at radius 3 is 2.68 bits per heavy atom. The lowest BCUT2D eigenvalue weighted by atomic mass is 10.0. The van der Waals surface area contributed by atoms with Gasteiger partial charge in [0.05, 0.1) is 25.8 Å². The van der Waals surface area contributed by atoms with Crippen LogP contribution < -0.4 is 15.4 Å². The lowest BCUT2D eigenvalue weighted by Crippen LogP contribution is -2.24. The van der Waals surface area contributed by atoms with Gasteiger partial charge < -0.3 is 20.1 Å². The maximum Gasteiger partial charge on any atom is 0.251 e. The van der Waals surface area contributed by atoms with Crippen LogP contribution in [0.15, 0.2) is 48.5 Å². The molecule has 4 rings (SSSR count). The molecule has 2 heterocycles. The zero-order chi connectivity index (χ0) is 22.0. The van der Waals surface area contributed by atoms with E-state index in [9.17, 15) is 9.59 Å². The molecular formula is C23H24N4O4. The largest absolute Gasteiger partial charge is 0.497 e. The van der Waals surface area contributed by atoms with Crippen molar-refractivity contribution >= 4 is 23.3 Å². The Hall–Kier alpha value is -3.65. The van der Waals surface area contributed by atoms with E-state index in [1.807, 2.05) is 31.2 Å². The molecule has 2 amide bonds. The highest BCUT2D eigenvalue weighted by Gasteiger charge is 2.37. The first kappa shape index (κ1) is 20.6. The van der Waals surface area contributed by atoms with Crippen molar-refractivity contribution < 1.29 is 19.1 Å². The van der Waals surface area contributed by atoms with Crippen molar-refractivity contribution in [2.45, 2.75) is 26.0 Å². The van der Waals surface area contributed by atoms with Gasteiger partial charge in [0, 0.05) is 24.4 Å². The van der Waals surface area contributed by atoms with E-state index in [0.29, 0.717) is 29.6 Å². The molecule has 3 aromatic rings. The number of hydrogen-bond donors (Lipinski definition) is 2. The van der Waals surface area contributed by atoms with Crippen molar-refractivity contribution in [2.24, 2.45) is 0 Å². The number of nitrogens with one attached hydrogen (secondary N) is 2. The predicted molar refractivity (Wildman–Crippen MR) is 117 cm³/mol. The molecule has 1 aliphatic rings. The van der Waals surface area contributed by atoms with Crippen LogP contribution >= 0.6 is 0 Å². The number of ether oxygens (including phenoxy) is 2. The Morgan fingerprint density at radius 1 is 1.19 bits per heavy atom. The third-order valence-corrected chi connectivity index (χ3v) is 5.18. The number of rotatable bonds is 7. The number of aromatic nitrogens is 2. The molecule has 2 aromatic carbocycles. The molecule has 1 aliphatic heterocycles. The summed E-state index contributed by atoms with van der Waals surface area (Å²) in [4.78, 5) is 25.3. The van der Waals surface area contributed by atoms with E-state index < -0.39 is 6.04 Å². The summed E-state index contributed by atoms with van der Waals surface area (Å²) >= 11 is 0. The smallest absolute Gasteiger partial charge is 0.251 e. The fraction of sp³-hybridized carbons (Fsp3) is 0.261. The Kier molecular flexibility index (Phi) is 5.73. The first-order chi connectivity index (χ1) is 15.0. The van der Waals surface area contributed by atoms with E-state index in [1.165, 1.54) is 0 Å². The van der Waals surface area contributed by atoms with Crippen molar-refractivity contribution in [1.29, 1.82) is 0 Å². The molecule has 160 valence electrons. The first-order valence-corrected chi connectivity index (χ1v) is 9.92. The minimum Gasteiger partial charge on any atom is -0.497 e. The van der Waals surface area contributed by atoms with Crippen LogP contribution in [0.5, 0.6) is 5.75 Å². The zero-order valence-electron chi connectivity index (χ0n) is 17.6. The van der Waals surface area contributed by atoms with Gasteiger partial charge in [-0.05, 0) is 24.6 Å². The van der Waals surface area contributed by atoms with E-state index >= 15 is 0 Å². The van der Waals surface area contributed by atoms with E-state index in [2.05, 4.69) is 15.7 Å². The highest BCUT2D eigenvalue weighted by molar-refractivity contribution is 6.04. The minimum absolute atomic E-state index is 0.0442. The molecule has 0 saturated heterocycles. The first-order valence-electron chi connectivity index (χ1n) is 9.92. The van der Waals surface area contributed by atoms with Crippen molar-refractivity contribution in [2.75, 3.05) is 24.9 Å². The molecule has 1 unspecified atom stereocenters. The van der Waals surface area contributed by atoms with E-state index in [4.69, 9.17) is 9.47 Å². The van der Waals surface area contributed by atoms with Gasteiger partial charge in [0.1, 0.15) is 17.6 Å². The van der Waals surface area contributed by atoms with Crippen molar-refractivity contribution in [3.05, 3.63) is 59.8 Å². The van der Waals surface area contributed by atoms with Crippen LogP contribution in [0.3, 0.4) is 0 Å². The molecule has 0 saturated carbocycles. The maximum atomic E-state index is 12.7. The molecule has 1 atom stereocenters. The molecule has 0 fully saturated rings. The van der Waals surface area contributed by atoms with Gasteiger partial charge in [0.15, 0.2) is 0 Å². The van der Waals surface area contributed by atoms with Crippen molar-refractivity contribution in [1.82, 2.24) is 9.78 Å². The Balaban J connectivity index is 1.60. The van der Waals surface area contributed by atoms with Gasteiger partial charge in [0.2, 0.25) is 5.91 Å². The summed E-state index contributed by atoms with van der Waals surface area (Å²) in [5.74, 6) is 0.667. The second kappa shape index (κ2) is 8.61. The third-order valence-electron chi connectivity index (χ3n) is 5.18. The number of methoxy groups -OCH3 is 2. The number of nitrogens with zero attached hydrogens (tertiary/aromatic N) is 2. The lowest BCUT2D eigenvalue weighted by Gasteiger charge is -2.11. The Morgan fingerprint density at radius 2 is 1.97 bits per heavy atom. The third kappa shape index (κ3) is 4.15. The highest BCUT2D eigenvalue weighted by atomic mass is 16.5. The summed E-state index contributed by atoms with van der Waals surface area (Å²) in [5.41, 5.74) is 4.19. The molecule has 8 heteroatoms. The number of anilines is 2. The quantitative estimate of drug-likeness (QED) is 0.610. The van der Waals surface area contributed by atoms with Crippen LogP contribution in [0.4, 0.5) is 11.5 Å². The molecule has 0 aliphatic carbocycles. The van der Waals surface area contributed by atoms with Crippen LogP contribution in [-0.4, -0.2) is 35.8 Å². The van der Waals surface area contributed by atoms with Gasteiger partial charge in [-0.2, -0.15) is 5.10 Å². The van der Waals surface area contributed by atoms with Crippen LogP contribution in [0.2, 0.25) is 0 Å². The fourth-order valence-electron chi connectivity index (χ4n) is 3.67. The minimum atomic E-state index is -0.740. The van der Waals surface area contributed by atoms with Crippen LogP contribution in [-0.2, 0) is 20.9 Å². The number of carbonyl (C=O) groups is 2. The lowest BCUT2D eigenvalue weighted by molar-refractivity contribution is -0.123. The average Bonchev–Trinajstić information content (AvgIpc) is 3.24. The maximum absolute atomic E-state index is 12.7. The van der Waals surface area contributed by atoms with Crippen molar-refractivity contribution in [3.63, 3.8) is 0 Å². The summed E-state index contributed by atoms with van der Waals surface area (Å²) in [6.45, 7) is 2.31. The SMILES string of the molecule is COCc1nn2c(c1-c1ccc(C)cc1)NC(=O)C2CC(=O)Nc1cccc(OC)c1. The van der Waals surface area contributed by atoms with E-state index in [1.54, 1.807) is 43.2 Å². The van der Waals surface area contributed by atoms with Gasteiger partial charge in [-0.25, -0.2) is 4.68 Å². The average molecular weight is 420 g/mol. The number of hydrogen-bond acceptors (Lipinski definition) is 5. The van der Waals surface area contributed by atoms with Gasteiger partial charge >= 0.3 is 0 Å². The van der Waals surface area contributed by atoms with Crippen LogP contribution in [0.25, 0.3) is 11.1 Å². The number of aryl methyl sites for hydroxylation is 1. The Labute approximate surface area is 180 Å². The predicted octanol–water partition coefficient (Wildman–Crippen LogP) is 3.54. The summed E-state index contributed by atoms with van der Waals surface area (Å²) in [6, 6.07) is 14.3. The molecule has 1 aromatic heterocycles. The molecule has 0 radical (unpaired) electrons. The highest BCUT2D eigenvalue weighted by Crippen LogP contribution is 2.39. The molecular weight excluding hydrogens is 396 g/mol. The topological polar surface area (TPSA) is 94.5 Å². The molecule has 8 nitrogen and oxygen atoms in total. The number of carbonyl (C=O) groups excluding carboxylic acids is 2. The number of fused-ring (bicyclic) bond motifs is 1. The van der Waals surface area contributed by atoms with Gasteiger partial charge in [0.25, 0.3) is 5.91 Å². The monoisotopic (exact) mass is 420 g/mol. The van der Waals surface area contributed by atoms with Crippen LogP contribution in [0, 0.1) is 6.92 Å². The van der Waals surface area contributed by atoms with Gasteiger partial charge in [-0.3, -0.25) is 9.59 Å². The van der Waals surface area contributed by atoms with E-state index in [0.717, 1.165) is 16.7 Å². The number of benzene rings is 2. The van der Waals surface area contributed by atoms with Crippen molar-refractivity contribution in [3.8, 4) is 16.9 Å². The second-order valence-corrected chi connectivity index (χ2v) is 7.40. The molecule has 31 heavy (non-hydrogen) atoms. The molecule has 2 N–H and O–H groups in total. The summed E-state index contributed by atoms with van der Waals surface area (Å²) in [7, 11) is 3.16. The standard InChI is InChI=1S/C23H24N4O4/c1-14-7-9-15(10-8-14)21-18(13-30-2)26-27-19(23(29)25-22(21)27)12-20(28)24-16-5-4-6-17(11-16)31-3/h4-11,19H,12-13H2,1-3H3,(H,24,28)(H,25,29). The summed E-state index contributed by atoms with van der Waals surface area (Å²) in [6.07, 6.45) is -0.0442.